The lowest BCUT2D eigenvalue weighted by molar-refractivity contribution is -0.149. The van der Waals surface area contributed by atoms with Gasteiger partial charge in [-0.3, -0.25) is 38.8 Å². The molecule has 5 heterocycles. The van der Waals surface area contributed by atoms with E-state index in [4.69, 9.17) is 16.6 Å². The van der Waals surface area contributed by atoms with Gasteiger partial charge in [-0.1, -0.05) is 42.6 Å². The van der Waals surface area contributed by atoms with Gasteiger partial charge in [-0.25, -0.2) is 0 Å². The number of nitrogens with zero attached hydrogens (tertiary/aromatic N) is 8. The van der Waals surface area contributed by atoms with Crippen molar-refractivity contribution in [1.82, 2.24) is 39.7 Å². The fourth-order valence-corrected chi connectivity index (χ4v) is 7.62. The van der Waals surface area contributed by atoms with Gasteiger partial charge in [0.2, 0.25) is 17.7 Å². The molecule has 2 aromatic carbocycles. The third-order valence-corrected chi connectivity index (χ3v) is 10.7. The van der Waals surface area contributed by atoms with Gasteiger partial charge in [0.15, 0.2) is 5.82 Å². The summed E-state index contributed by atoms with van der Waals surface area (Å²) in [7, 11) is 0. The zero-order valence-electron chi connectivity index (χ0n) is 28.1. The number of hydrogen-bond donors (Lipinski definition) is 1. The van der Waals surface area contributed by atoms with Crippen molar-refractivity contribution in [2.45, 2.75) is 76.4 Å². The second-order valence-corrected chi connectivity index (χ2v) is 14.3. The molecule has 3 fully saturated rings. The van der Waals surface area contributed by atoms with E-state index in [9.17, 15) is 14.4 Å². The Bertz CT molecular complexity index is 1990. The quantitative estimate of drug-likeness (QED) is 0.192. The van der Waals surface area contributed by atoms with Crippen LogP contribution in [0.2, 0.25) is 5.02 Å². The molecule has 4 aromatic rings. The summed E-state index contributed by atoms with van der Waals surface area (Å²) in [5.41, 5.74) is 5.78. The third-order valence-electron chi connectivity index (χ3n) is 10.4. The standard InChI is InChI=1S/C37H40ClN9O3/c1-24-42-43-36-37(14-15-37)41-34(25-6-9-28(38)10-7-25)29-20-26(8-11-30(29)47(24)36)27-21-39-45(22-27)17-5-3-2-4-16-44-18-19-46(33(49)23-44)31-12-13-32(48)40-35(31)50/h6-11,20-22,31H,2-5,12-19,23H2,1H3,(H,40,48,50). The van der Waals surface area contributed by atoms with E-state index in [1.807, 2.05) is 42.1 Å². The van der Waals surface area contributed by atoms with Crippen molar-refractivity contribution in [2.24, 2.45) is 4.99 Å². The van der Waals surface area contributed by atoms with Crippen LogP contribution in [0.5, 0.6) is 0 Å². The second-order valence-electron chi connectivity index (χ2n) is 13.9. The summed E-state index contributed by atoms with van der Waals surface area (Å²) in [4.78, 5) is 45.6. The lowest BCUT2D eigenvalue weighted by Gasteiger charge is -2.39. The van der Waals surface area contributed by atoms with E-state index in [2.05, 4.69) is 54.5 Å². The number of aromatic nitrogens is 5. The molecule has 1 N–H and O–H groups in total. The first-order valence-corrected chi connectivity index (χ1v) is 18.0. The Balaban J connectivity index is 0.880. The second kappa shape index (κ2) is 13.2. The number of halogens is 1. The van der Waals surface area contributed by atoms with Gasteiger partial charge >= 0.3 is 0 Å². The van der Waals surface area contributed by atoms with Crippen LogP contribution < -0.4 is 5.32 Å². The molecule has 0 radical (unpaired) electrons. The van der Waals surface area contributed by atoms with E-state index >= 15 is 0 Å². The largest absolute Gasteiger partial charge is 0.328 e. The molecule has 2 aromatic heterocycles. The maximum absolute atomic E-state index is 12.8. The van der Waals surface area contributed by atoms with Crippen LogP contribution in [0.25, 0.3) is 16.8 Å². The molecule has 1 spiro atoms. The van der Waals surface area contributed by atoms with Gasteiger partial charge < -0.3 is 4.90 Å². The minimum atomic E-state index is -0.523. The number of aliphatic imine (C=N–C) groups is 1. The lowest BCUT2D eigenvalue weighted by Crippen LogP contribution is -2.60. The minimum absolute atomic E-state index is 0.0337. The predicted molar refractivity (Wildman–Crippen MR) is 188 cm³/mol. The smallest absolute Gasteiger partial charge is 0.249 e. The van der Waals surface area contributed by atoms with Gasteiger partial charge in [-0.15, -0.1) is 10.2 Å². The molecular weight excluding hydrogens is 654 g/mol. The predicted octanol–water partition coefficient (Wildman–Crippen LogP) is 4.44. The number of carbonyl (C=O) groups excluding carboxylic acids is 3. The number of nitrogens with one attached hydrogen (secondary N) is 1. The molecule has 13 heteroatoms. The number of carbonyl (C=O) groups is 3. The lowest BCUT2D eigenvalue weighted by atomic mass is 9.96. The zero-order chi connectivity index (χ0) is 34.4. The topological polar surface area (TPSA) is 131 Å². The highest BCUT2D eigenvalue weighted by molar-refractivity contribution is 6.30. The molecule has 3 amide bonds. The van der Waals surface area contributed by atoms with Crippen LogP contribution in [-0.4, -0.2) is 90.0 Å². The summed E-state index contributed by atoms with van der Waals surface area (Å²) in [6.07, 6.45) is 10.8. The number of piperazine rings is 1. The number of aryl methyl sites for hydroxylation is 2. The highest BCUT2D eigenvalue weighted by atomic mass is 35.5. The van der Waals surface area contributed by atoms with Crippen LogP contribution in [0, 0.1) is 6.92 Å². The van der Waals surface area contributed by atoms with Crippen molar-refractivity contribution in [2.75, 3.05) is 26.2 Å². The molecule has 1 atom stereocenters. The molecule has 1 aliphatic carbocycles. The normalized spacial score (nSPS) is 20.0. The molecule has 12 nitrogen and oxygen atoms in total. The van der Waals surface area contributed by atoms with Gasteiger partial charge in [0.25, 0.3) is 0 Å². The first kappa shape index (κ1) is 32.5. The van der Waals surface area contributed by atoms with Crippen LogP contribution >= 0.6 is 11.6 Å². The average Bonchev–Trinajstić information content (AvgIpc) is 3.58. The van der Waals surface area contributed by atoms with E-state index in [1.165, 1.54) is 0 Å². The molecular formula is C37H40ClN9O3. The molecule has 8 rings (SSSR count). The summed E-state index contributed by atoms with van der Waals surface area (Å²) in [6.45, 7) is 5.28. The Labute approximate surface area is 295 Å². The van der Waals surface area contributed by atoms with E-state index in [-0.39, 0.29) is 29.7 Å². The molecule has 1 saturated carbocycles. The molecule has 1 unspecified atom stereocenters. The number of imide groups is 1. The summed E-state index contributed by atoms with van der Waals surface area (Å²) in [5.74, 6) is 1.11. The number of piperidine rings is 1. The molecule has 0 bridgehead atoms. The van der Waals surface area contributed by atoms with Gasteiger partial charge in [0.05, 0.1) is 24.1 Å². The van der Waals surface area contributed by atoms with E-state index in [0.29, 0.717) is 24.5 Å². The number of rotatable bonds is 10. The van der Waals surface area contributed by atoms with Crippen LogP contribution in [0.4, 0.5) is 0 Å². The molecule has 4 aliphatic rings. The van der Waals surface area contributed by atoms with Crippen LogP contribution in [-0.2, 0) is 26.5 Å². The number of amides is 3. The Kier molecular flexibility index (Phi) is 8.60. The number of fused-ring (bicyclic) bond motifs is 4. The first-order valence-electron chi connectivity index (χ1n) is 17.6. The fraction of sp³-hybridized carbons (Fsp3) is 0.432. The summed E-state index contributed by atoms with van der Waals surface area (Å²) in [6, 6.07) is 13.9. The van der Waals surface area contributed by atoms with Crippen LogP contribution in [0.15, 0.2) is 59.9 Å². The van der Waals surface area contributed by atoms with Gasteiger partial charge in [0.1, 0.15) is 17.4 Å². The maximum Gasteiger partial charge on any atom is 0.249 e. The summed E-state index contributed by atoms with van der Waals surface area (Å²) in [5, 5.41) is 16.8. The molecule has 3 aliphatic heterocycles. The minimum Gasteiger partial charge on any atom is -0.328 e. The first-order chi connectivity index (χ1) is 24.3. The average molecular weight is 694 g/mol. The Hall–Kier alpha value is -4.68. The van der Waals surface area contributed by atoms with E-state index < -0.39 is 6.04 Å². The van der Waals surface area contributed by atoms with E-state index in [1.54, 1.807) is 4.90 Å². The summed E-state index contributed by atoms with van der Waals surface area (Å²) < 4.78 is 4.19. The molecule has 50 heavy (non-hydrogen) atoms. The highest BCUT2D eigenvalue weighted by Gasteiger charge is 2.51. The van der Waals surface area contributed by atoms with Crippen molar-refractivity contribution in [3.8, 4) is 16.8 Å². The number of unbranched alkanes of at least 4 members (excludes halogenated alkanes) is 3. The molecule has 258 valence electrons. The number of hydrogen-bond acceptors (Lipinski definition) is 8. The van der Waals surface area contributed by atoms with Gasteiger partial charge in [-0.2, -0.15) is 5.10 Å². The highest BCUT2D eigenvalue weighted by Crippen LogP contribution is 2.52. The Morgan fingerprint density at radius 1 is 0.920 bits per heavy atom. The third kappa shape index (κ3) is 6.26. The monoisotopic (exact) mass is 693 g/mol. The SMILES string of the molecule is Cc1nnc2n1-c1ccc(-c3cnn(CCCCCCN4CCN(C5CCC(=O)NC5=O)C(=O)C4)c3)cc1C(c1ccc(Cl)cc1)=NC21CC1. The Morgan fingerprint density at radius 3 is 2.46 bits per heavy atom. The van der Waals surface area contributed by atoms with Gasteiger partial charge in [-0.05, 0) is 75.4 Å². The fourth-order valence-electron chi connectivity index (χ4n) is 7.49. The van der Waals surface area contributed by atoms with Crippen LogP contribution in [0.1, 0.15) is 74.1 Å². The van der Waals surface area contributed by atoms with Crippen molar-refractivity contribution < 1.29 is 14.4 Å². The van der Waals surface area contributed by atoms with Gasteiger partial charge in [0, 0.05) is 54.0 Å². The van der Waals surface area contributed by atoms with E-state index in [0.717, 1.165) is 103 Å². The van der Waals surface area contributed by atoms with Crippen molar-refractivity contribution >= 4 is 35.0 Å². The van der Waals surface area contributed by atoms with Crippen molar-refractivity contribution in [1.29, 1.82) is 0 Å². The molecule has 2 saturated heterocycles. The Morgan fingerprint density at radius 2 is 1.70 bits per heavy atom. The van der Waals surface area contributed by atoms with Crippen molar-refractivity contribution in [3.63, 3.8) is 0 Å². The van der Waals surface area contributed by atoms with Crippen molar-refractivity contribution in [3.05, 3.63) is 82.7 Å². The summed E-state index contributed by atoms with van der Waals surface area (Å²) >= 11 is 6.26. The number of benzene rings is 2. The zero-order valence-corrected chi connectivity index (χ0v) is 28.9. The maximum atomic E-state index is 12.8. The van der Waals surface area contributed by atoms with Crippen LogP contribution in [0.3, 0.4) is 0 Å².